The van der Waals surface area contributed by atoms with Crippen LogP contribution >= 0.6 is 0 Å². The maximum Gasteiger partial charge on any atom is 0.169 e. The highest BCUT2D eigenvalue weighted by atomic mass is 127. The maximum absolute atomic E-state index is 4.04. The van der Waals surface area contributed by atoms with Gasteiger partial charge in [0.2, 0.25) is 0 Å². The summed E-state index contributed by atoms with van der Waals surface area (Å²) in [6, 6.07) is 8.44. The molecule has 2 heterocycles. The third-order valence-electron chi connectivity index (χ3n) is 3.17. The van der Waals surface area contributed by atoms with Crippen molar-refractivity contribution in [2.45, 2.75) is 39.2 Å². The van der Waals surface area contributed by atoms with E-state index in [1.54, 1.807) is 0 Å². The molecular weight excluding hydrogens is 347 g/mol. The van der Waals surface area contributed by atoms with E-state index in [0.29, 0.717) is 0 Å². The molecule has 19 heavy (non-hydrogen) atoms. The topological polar surface area (TPSA) is 16.8 Å². The van der Waals surface area contributed by atoms with E-state index in [2.05, 4.69) is 41.0 Å². The van der Waals surface area contributed by atoms with Crippen molar-refractivity contribution in [3.63, 3.8) is 0 Å². The molecule has 0 aliphatic heterocycles. The van der Waals surface area contributed by atoms with Crippen molar-refractivity contribution in [1.29, 1.82) is 0 Å². The average molecular weight is 368 g/mol. The molecule has 2 nitrogen and oxygen atoms in total. The van der Waals surface area contributed by atoms with E-state index in [1.807, 2.05) is 24.5 Å². The number of rotatable bonds is 6. The first-order chi connectivity index (χ1) is 8.90. The van der Waals surface area contributed by atoms with Crippen LogP contribution in [0.2, 0.25) is 0 Å². The van der Waals surface area contributed by atoms with E-state index >= 15 is 0 Å². The van der Waals surface area contributed by atoms with E-state index in [4.69, 9.17) is 0 Å². The molecule has 0 aliphatic carbocycles. The van der Waals surface area contributed by atoms with Gasteiger partial charge in [0.25, 0.3) is 0 Å². The summed E-state index contributed by atoms with van der Waals surface area (Å²) in [5, 5.41) is 0. The molecular formula is C16H21IN2. The molecule has 0 saturated carbocycles. The van der Waals surface area contributed by atoms with Gasteiger partial charge in [-0.15, -0.1) is 0 Å². The summed E-state index contributed by atoms with van der Waals surface area (Å²) in [6.45, 7) is 3.37. The second-order valence-corrected chi connectivity index (χ2v) is 4.62. The van der Waals surface area contributed by atoms with E-state index in [0.717, 1.165) is 6.54 Å². The molecule has 3 heteroatoms. The van der Waals surface area contributed by atoms with Gasteiger partial charge in [0.05, 0.1) is 0 Å². The molecule has 0 spiro atoms. The Morgan fingerprint density at radius 1 is 0.895 bits per heavy atom. The maximum atomic E-state index is 4.04. The molecule has 0 amide bonds. The second kappa shape index (κ2) is 9.02. The summed E-state index contributed by atoms with van der Waals surface area (Å²) in [6.07, 6.45) is 13.2. The second-order valence-electron chi connectivity index (χ2n) is 4.62. The Labute approximate surface area is 132 Å². The highest BCUT2D eigenvalue weighted by Crippen LogP contribution is 2.15. The van der Waals surface area contributed by atoms with Crippen molar-refractivity contribution in [3.05, 3.63) is 49.1 Å². The molecule has 0 aliphatic rings. The Morgan fingerprint density at radius 3 is 2.16 bits per heavy atom. The van der Waals surface area contributed by atoms with Crippen molar-refractivity contribution < 1.29 is 28.5 Å². The van der Waals surface area contributed by atoms with Gasteiger partial charge < -0.3 is 24.0 Å². The lowest BCUT2D eigenvalue weighted by atomic mass is 10.1. The SMILES string of the molecule is CCCCCC[n+]1ccc(-c2ccncc2)cc1.[I-]. The number of aryl methyl sites for hydroxylation is 1. The molecule has 0 saturated heterocycles. The van der Waals surface area contributed by atoms with Crippen LogP contribution in [-0.2, 0) is 6.54 Å². The minimum absolute atomic E-state index is 0. The Bertz CT molecular complexity index is 454. The van der Waals surface area contributed by atoms with Gasteiger partial charge in [-0.1, -0.05) is 19.8 Å². The Kier molecular flexibility index (Phi) is 7.63. The van der Waals surface area contributed by atoms with Crippen LogP contribution in [0.15, 0.2) is 49.1 Å². The first-order valence-corrected chi connectivity index (χ1v) is 6.79. The largest absolute Gasteiger partial charge is 1.00 e. The van der Waals surface area contributed by atoms with Crippen molar-refractivity contribution >= 4 is 0 Å². The fraction of sp³-hybridized carbons (Fsp3) is 0.375. The molecule has 0 fully saturated rings. The number of nitrogens with zero attached hydrogens (tertiary/aromatic N) is 2. The smallest absolute Gasteiger partial charge is 0.169 e. The monoisotopic (exact) mass is 368 g/mol. The van der Waals surface area contributed by atoms with Gasteiger partial charge in [-0.05, 0) is 29.7 Å². The fourth-order valence-corrected chi connectivity index (χ4v) is 2.06. The first kappa shape index (κ1) is 16.1. The van der Waals surface area contributed by atoms with Crippen molar-refractivity contribution in [3.8, 4) is 11.1 Å². The summed E-state index contributed by atoms with van der Waals surface area (Å²) in [4.78, 5) is 4.04. The van der Waals surface area contributed by atoms with E-state index in [1.165, 1.54) is 36.8 Å². The third kappa shape index (κ3) is 5.27. The fourth-order valence-electron chi connectivity index (χ4n) is 2.06. The molecule has 0 bridgehead atoms. The normalized spacial score (nSPS) is 9.95. The molecule has 2 rings (SSSR count). The average Bonchev–Trinajstić information content (AvgIpc) is 2.45. The van der Waals surface area contributed by atoms with Crippen LogP contribution in [0.25, 0.3) is 11.1 Å². The van der Waals surface area contributed by atoms with Gasteiger partial charge in [0.1, 0.15) is 6.54 Å². The minimum atomic E-state index is 0. The minimum Gasteiger partial charge on any atom is -1.00 e. The number of halogens is 1. The predicted molar refractivity (Wildman–Crippen MR) is 74.0 cm³/mol. The van der Waals surface area contributed by atoms with Crippen LogP contribution in [0.1, 0.15) is 32.6 Å². The van der Waals surface area contributed by atoms with Gasteiger partial charge >= 0.3 is 0 Å². The van der Waals surface area contributed by atoms with Gasteiger partial charge in [-0.3, -0.25) is 4.98 Å². The van der Waals surface area contributed by atoms with Crippen LogP contribution in [0, 0.1) is 0 Å². The molecule has 0 radical (unpaired) electrons. The summed E-state index contributed by atoms with van der Waals surface area (Å²) in [5.41, 5.74) is 2.48. The van der Waals surface area contributed by atoms with E-state index in [9.17, 15) is 0 Å². The van der Waals surface area contributed by atoms with Crippen LogP contribution < -0.4 is 28.5 Å². The molecule has 2 aromatic rings. The van der Waals surface area contributed by atoms with Crippen molar-refractivity contribution in [2.24, 2.45) is 0 Å². The standard InChI is InChI=1S/C16H21N2.HI/c1-2-3-4-5-12-18-13-8-16(9-14-18)15-6-10-17-11-7-15;/h6-11,13-14H,2-5,12H2,1H3;1H/q+1;/p-1. The predicted octanol–water partition coefficient (Wildman–Crippen LogP) is 0.620. The summed E-state index contributed by atoms with van der Waals surface area (Å²) < 4.78 is 2.26. The van der Waals surface area contributed by atoms with Gasteiger partial charge in [-0.2, -0.15) is 0 Å². The van der Waals surface area contributed by atoms with Crippen molar-refractivity contribution in [2.75, 3.05) is 0 Å². The van der Waals surface area contributed by atoms with Crippen LogP contribution in [0.4, 0.5) is 0 Å². The van der Waals surface area contributed by atoms with E-state index in [-0.39, 0.29) is 24.0 Å². The number of hydrogen-bond donors (Lipinski definition) is 0. The van der Waals surface area contributed by atoms with Crippen LogP contribution in [0.3, 0.4) is 0 Å². The molecule has 0 atom stereocenters. The van der Waals surface area contributed by atoms with E-state index < -0.39 is 0 Å². The highest BCUT2D eigenvalue weighted by molar-refractivity contribution is 5.61. The number of hydrogen-bond acceptors (Lipinski definition) is 1. The zero-order chi connectivity index (χ0) is 12.6. The van der Waals surface area contributed by atoms with Crippen LogP contribution in [-0.4, -0.2) is 4.98 Å². The summed E-state index contributed by atoms with van der Waals surface area (Å²) in [5.74, 6) is 0. The quantitative estimate of drug-likeness (QED) is 0.415. The van der Waals surface area contributed by atoms with Crippen molar-refractivity contribution in [1.82, 2.24) is 4.98 Å². The number of pyridine rings is 2. The zero-order valence-electron chi connectivity index (χ0n) is 11.4. The van der Waals surface area contributed by atoms with Gasteiger partial charge in [0, 0.05) is 30.9 Å². The van der Waals surface area contributed by atoms with Gasteiger partial charge in [0.15, 0.2) is 12.4 Å². The Morgan fingerprint density at radius 2 is 1.53 bits per heavy atom. The molecule has 0 aromatic carbocycles. The zero-order valence-corrected chi connectivity index (χ0v) is 13.6. The first-order valence-electron chi connectivity index (χ1n) is 6.79. The molecule has 0 N–H and O–H groups in total. The number of unbranched alkanes of at least 4 members (excludes halogenated alkanes) is 3. The molecule has 102 valence electrons. The lowest BCUT2D eigenvalue weighted by Crippen LogP contribution is -3.00. The van der Waals surface area contributed by atoms with Gasteiger partial charge in [-0.25, -0.2) is 4.57 Å². The van der Waals surface area contributed by atoms with Crippen LogP contribution in [0.5, 0.6) is 0 Å². The molecule has 2 aromatic heterocycles. The Balaban J connectivity index is 0.00000180. The summed E-state index contributed by atoms with van der Waals surface area (Å²) in [7, 11) is 0. The lowest BCUT2D eigenvalue weighted by Gasteiger charge is -2.01. The molecule has 0 unspecified atom stereocenters. The third-order valence-corrected chi connectivity index (χ3v) is 3.17. The highest BCUT2D eigenvalue weighted by Gasteiger charge is 2.02. The Hall–Kier alpha value is -0.970. The lowest BCUT2D eigenvalue weighted by molar-refractivity contribution is -0.697. The number of aromatic nitrogens is 2. The summed E-state index contributed by atoms with van der Waals surface area (Å²) >= 11 is 0.